The van der Waals surface area contributed by atoms with E-state index in [0.29, 0.717) is 28.5 Å². The molecule has 0 fully saturated rings. The maximum atomic E-state index is 15.1. The summed E-state index contributed by atoms with van der Waals surface area (Å²) in [5.41, 5.74) is -2.60. The number of ketones is 1. The lowest BCUT2D eigenvalue weighted by molar-refractivity contribution is -0.121. The molecule has 7 nitrogen and oxygen atoms in total. The number of rotatable bonds is 10. The fraction of sp³-hybridized carbons (Fsp3) is 0.257. The summed E-state index contributed by atoms with van der Waals surface area (Å²) in [6.45, 7) is 2.80. The van der Waals surface area contributed by atoms with Crippen LogP contribution in [0.2, 0.25) is 0 Å². The van der Waals surface area contributed by atoms with Crippen molar-refractivity contribution in [3.05, 3.63) is 135 Å². The van der Waals surface area contributed by atoms with E-state index in [1.54, 1.807) is 36.6 Å². The van der Waals surface area contributed by atoms with Crippen molar-refractivity contribution in [2.45, 2.75) is 56.4 Å². The Balaban J connectivity index is 1.47. The molecule has 50 heavy (non-hydrogen) atoms. The predicted octanol–water partition coefficient (Wildman–Crippen LogP) is 7.83. The summed E-state index contributed by atoms with van der Waals surface area (Å²) >= 11 is 0. The van der Waals surface area contributed by atoms with Crippen molar-refractivity contribution in [1.29, 1.82) is 0 Å². The molecular weight excluding hydrogens is 674 g/mol. The number of fused-ring (bicyclic) bond motifs is 1. The topological polar surface area (TPSA) is 92.7 Å². The average Bonchev–Trinajstić information content (AvgIpc) is 3.44. The molecule has 4 heterocycles. The van der Waals surface area contributed by atoms with E-state index in [9.17, 15) is 35.9 Å². The minimum atomic E-state index is -4.04. The van der Waals surface area contributed by atoms with Crippen molar-refractivity contribution in [2.75, 3.05) is 0 Å². The van der Waals surface area contributed by atoms with E-state index in [1.165, 1.54) is 12.3 Å². The summed E-state index contributed by atoms with van der Waals surface area (Å²) in [5.74, 6) is -11.8. The highest BCUT2D eigenvalue weighted by atomic mass is 19.3. The molecule has 0 bridgehead atoms. The number of dihydropyridines is 1. The molecule has 0 unspecified atom stereocenters. The molecule has 0 radical (unpaired) electrons. The normalized spacial score (nSPS) is 16.9. The zero-order valence-electron chi connectivity index (χ0n) is 25.9. The Morgan fingerprint density at radius 1 is 0.980 bits per heavy atom. The monoisotopic (exact) mass is 701 g/mol. The molecule has 3 aromatic heterocycles. The van der Waals surface area contributed by atoms with Crippen molar-refractivity contribution in [3.63, 3.8) is 0 Å². The van der Waals surface area contributed by atoms with Gasteiger partial charge < -0.3 is 10.3 Å². The van der Waals surface area contributed by atoms with Gasteiger partial charge in [0, 0.05) is 66.5 Å². The number of H-pyrrole nitrogens is 1. The second kappa shape index (κ2) is 13.2. The SMILES string of the molecule is C=C1C=C(c2ccc(-c3cc[nH]c(=O)c3)nc2[C@@H](CC(=O)Cn2nc(C(F)F)c3c2C(F)(F)CCC3(F)F)Cc2cc(F)cc(F)c2)C=CN1. The Morgan fingerprint density at radius 2 is 1.70 bits per heavy atom. The van der Waals surface area contributed by atoms with E-state index in [-0.39, 0.29) is 28.1 Å². The maximum Gasteiger partial charge on any atom is 0.290 e. The number of Topliss-reactive ketones (excluding diaryl/α,β-unsaturated/α-hetero) is 1. The number of alkyl halides is 6. The number of nitrogens with zero attached hydrogens (tertiary/aromatic N) is 3. The minimum Gasteiger partial charge on any atom is -0.362 e. The van der Waals surface area contributed by atoms with Gasteiger partial charge in [-0.15, -0.1) is 0 Å². The van der Waals surface area contributed by atoms with Crippen LogP contribution in [0.15, 0.2) is 84.1 Å². The summed E-state index contributed by atoms with van der Waals surface area (Å²) in [6, 6.07) is 8.82. The number of aromatic nitrogens is 4. The smallest absolute Gasteiger partial charge is 0.290 e. The summed E-state index contributed by atoms with van der Waals surface area (Å²) in [4.78, 5) is 33.1. The van der Waals surface area contributed by atoms with Crippen molar-refractivity contribution in [3.8, 4) is 11.3 Å². The average molecular weight is 702 g/mol. The van der Waals surface area contributed by atoms with E-state index >= 15 is 8.78 Å². The highest BCUT2D eigenvalue weighted by Crippen LogP contribution is 2.52. The van der Waals surface area contributed by atoms with E-state index in [2.05, 4.69) is 22.0 Å². The van der Waals surface area contributed by atoms with Gasteiger partial charge in [0.25, 0.3) is 18.3 Å². The second-order valence-electron chi connectivity index (χ2n) is 12.1. The van der Waals surface area contributed by atoms with Gasteiger partial charge in [-0.25, -0.2) is 26.3 Å². The molecule has 0 saturated carbocycles. The molecule has 0 saturated heterocycles. The Morgan fingerprint density at radius 3 is 2.38 bits per heavy atom. The van der Waals surface area contributed by atoms with Gasteiger partial charge >= 0.3 is 0 Å². The van der Waals surface area contributed by atoms with Crippen molar-refractivity contribution >= 4 is 11.4 Å². The quantitative estimate of drug-likeness (QED) is 0.165. The van der Waals surface area contributed by atoms with Crippen LogP contribution in [-0.4, -0.2) is 25.5 Å². The van der Waals surface area contributed by atoms with Crippen LogP contribution in [0.25, 0.3) is 16.8 Å². The Hall–Kier alpha value is -5.34. The van der Waals surface area contributed by atoms with Crippen molar-refractivity contribution in [2.24, 2.45) is 0 Å². The summed E-state index contributed by atoms with van der Waals surface area (Å²) in [6.07, 6.45) is -0.856. The van der Waals surface area contributed by atoms with Gasteiger partial charge in [-0.2, -0.15) is 13.9 Å². The molecule has 1 aliphatic carbocycles. The molecule has 6 rings (SSSR count). The Bertz CT molecular complexity index is 2100. The molecule has 15 heteroatoms. The van der Waals surface area contributed by atoms with Gasteiger partial charge in [0.15, 0.2) is 5.78 Å². The number of hydrogen-bond donors (Lipinski definition) is 2. The lowest BCUT2D eigenvalue weighted by atomic mass is 9.85. The second-order valence-corrected chi connectivity index (χ2v) is 12.1. The predicted molar refractivity (Wildman–Crippen MR) is 166 cm³/mol. The van der Waals surface area contributed by atoms with Gasteiger partial charge in [0.05, 0.1) is 17.0 Å². The molecule has 1 aliphatic heterocycles. The first-order chi connectivity index (χ1) is 23.6. The number of carbonyl (C=O) groups is 1. The third-order valence-electron chi connectivity index (χ3n) is 8.41. The maximum absolute atomic E-state index is 15.1. The van der Waals surface area contributed by atoms with Crippen LogP contribution in [0, 0.1) is 11.6 Å². The third-order valence-corrected chi connectivity index (χ3v) is 8.41. The van der Waals surface area contributed by atoms with Crippen molar-refractivity contribution < 1.29 is 39.9 Å². The highest BCUT2D eigenvalue weighted by molar-refractivity contribution is 5.82. The van der Waals surface area contributed by atoms with Crippen LogP contribution in [0.1, 0.15) is 65.4 Å². The molecule has 4 aromatic rings. The molecular formula is C35H27F8N5O2. The molecule has 1 atom stereocenters. The lowest BCUT2D eigenvalue weighted by Gasteiger charge is -2.29. The van der Waals surface area contributed by atoms with E-state index < -0.39 is 89.9 Å². The number of benzene rings is 1. The first-order valence-corrected chi connectivity index (χ1v) is 15.3. The zero-order valence-corrected chi connectivity index (χ0v) is 25.9. The van der Waals surface area contributed by atoms with E-state index in [1.807, 2.05) is 0 Å². The molecule has 0 amide bonds. The number of allylic oxidation sites excluding steroid dienone is 3. The van der Waals surface area contributed by atoms with E-state index in [4.69, 9.17) is 4.98 Å². The number of carbonyl (C=O) groups excluding carboxylic acids is 1. The first kappa shape index (κ1) is 34.5. The van der Waals surface area contributed by atoms with Crippen LogP contribution >= 0.6 is 0 Å². The van der Waals surface area contributed by atoms with Crippen LogP contribution in [0.4, 0.5) is 35.1 Å². The van der Waals surface area contributed by atoms with Gasteiger partial charge in [0.1, 0.15) is 29.6 Å². The zero-order chi connectivity index (χ0) is 36.0. The molecule has 260 valence electrons. The standard InChI is InChI=1S/C35H27F8N5O2/c1-18-10-20(4-8-44-18)26-2-3-27(21-5-9-45-28(50)15-21)46-30(26)22(11-19-12-23(36)16-24(37)13-19)14-25(49)17-48-32-29(31(47-48)33(38)39)34(40,41)6-7-35(32,42)43/h2-5,8-10,12-13,15-16,22,33,44H,1,6-7,11,14,17H2,(H,45,50)/t22-/m1/s1. The van der Waals surface area contributed by atoms with Crippen LogP contribution < -0.4 is 10.9 Å². The van der Waals surface area contributed by atoms with Gasteiger partial charge in [-0.05, 0) is 54.0 Å². The number of halogens is 8. The van der Waals surface area contributed by atoms with Gasteiger partial charge in [0.2, 0.25) is 5.56 Å². The lowest BCUT2D eigenvalue weighted by Crippen LogP contribution is -2.33. The van der Waals surface area contributed by atoms with Crippen LogP contribution in [0.5, 0.6) is 0 Å². The largest absolute Gasteiger partial charge is 0.362 e. The molecule has 1 aromatic carbocycles. The van der Waals surface area contributed by atoms with E-state index in [0.717, 1.165) is 12.1 Å². The Kier molecular flexibility index (Phi) is 9.10. The molecule has 0 spiro atoms. The summed E-state index contributed by atoms with van der Waals surface area (Å²) < 4.78 is 116. The number of hydrogen-bond acceptors (Lipinski definition) is 5. The summed E-state index contributed by atoms with van der Waals surface area (Å²) in [5, 5.41) is 6.28. The Labute approximate surface area is 279 Å². The third kappa shape index (κ3) is 7.03. The summed E-state index contributed by atoms with van der Waals surface area (Å²) in [7, 11) is 0. The molecule has 2 N–H and O–H groups in total. The minimum absolute atomic E-state index is 0.0940. The fourth-order valence-corrected chi connectivity index (χ4v) is 6.30. The molecule has 2 aliphatic rings. The van der Waals surface area contributed by atoms with Crippen LogP contribution in [0.3, 0.4) is 0 Å². The van der Waals surface area contributed by atoms with Crippen molar-refractivity contribution in [1.82, 2.24) is 25.1 Å². The first-order valence-electron chi connectivity index (χ1n) is 15.3. The van der Waals surface area contributed by atoms with Gasteiger partial charge in [-0.3, -0.25) is 19.3 Å². The highest BCUT2D eigenvalue weighted by Gasteiger charge is 2.55. The number of aromatic amines is 1. The van der Waals surface area contributed by atoms with Gasteiger partial charge in [-0.1, -0.05) is 12.6 Å². The fourth-order valence-electron chi connectivity index (χ4n) is 6.30. The number of pyridine rings is 2. The van der Waals surface area contributed by atoms with Crippen LogP contribution in [-0.2, 0) is 29.6 Å². The number of nitrogens with one attached hydrogen (secondary N) is 2.